The summed E-state index contributed by atoms with van der Waals surface area (Å²) < 4.78 is 0. The Morgan fingerprint density at radius 3 is 2.05 bits per heavy atom. The summed E-state index contributed by atoms with van der Waals surface area (Å²) in [6.45, 7) is 11.0. The first-order valence-electron chi connectivity index (χ1n) is 7.90. The Bertz CT molecular complexity index is 609. The minimum atomic E-state index is 0.0717. The van der Waals surface area contributed by atoms with E-state index in [1.807, 2.05) is 6.92 Å². The highest BCUT2D eigenvalue weighted by Crippen LogP contribution is 2.33. The van der Waals surface area contributed by atoms with Crippen molar-refractivity contribution in [3.63, 3.8) is 0 Å². The van der Waals surface area contributed by atoms with E-state index >= 15 is 0 Å². The maximum atomic E-state index is 6.02. The van der Waals surface area contributed by atoms with Gasteiger partial charge in [0.2, 0.25) is 0 Å². The molecule has 1 unspecified atom stereocenters. The van der Waals surface area contributed by atoms with E-state index in [0.29, 0.717) is 11.8 Å². The molecule has 1 nitrogen and oxygen atoms in total. The summed E-state index contributed by atoms with van der Waals surface area (Å²) in [6, 6.07) is 15.6. The summed E-state index contributed by atoms with van der Waals surface area (Å²) >= 11 is 0. The topological polar surface area (TPSA) is 26.0 Å². The van der Waals surface area contributed by atoms with Gasteiger partial charge in [0, 0.05) is 6.04 Å². The van der Waals surface area contributed by atoms with Crippen LogP contribution in [0.4, 0.5) is 0 Å². The van der Waals surface area contributed by atoms with Crippen molar-refractivity contribution < 1.29 is 0 Å². The molecule has 0 radical (unpaired) electrons. The molecule has 0 fully saturated rings. The van der Waals surface area contributed by atoms with Crippen molar-refractivity contribution in [2.45, 2.75) is 52.5 Å². The molecule has 2 N–H and O–H groups in total. The van der Waals surface area contributed by atoms with E-state index in [1.54, 1.807) is 0 Å². The molecule has 0 saturated carbocycles. The van der Waals surface area contributed by atoms with Crippen LogP contribution < -0.4 is 5.73 Å². The first kappa shape index (κ1) is 15.8. The Morgan fingerprint density at radius 2 is 1.48 bits per heavy atom. The SMILES string of the molecule is CC(C)c1ccc(-c2cccc(C(C)N)c2)c(C(C)C)c1. The Morgan fingerprint density at radius 1 is 0.762 bits per heavy atom. The minimum absolute atomic E-state index is 0.0717. The first-order chi connectivity index (χ1) is 9.90. The smallest absolute Gasteiger partial charge is 0.0266 e. The maximum absolute atomic E-state index is 6.02. The minimum Gasteiger partial charge on any atom is -0.324 e. The van der Waals surface area contributed by atoms with Crippen molar-refractivity contribution in [3.8, 4) is 11.1 Å². The van der Waals surface area contributed by atoms with Gasteiger partial charge in [0.05, 0.1) is 0 Å². The van der Waals surface area contributed by atoms with Crippen LogP contribution in [0, 0.1) is 0 Å². The maximum Gasteiger partial charge on any atom is 0.0266 e. The van der Waals surface area contributed by atoms with Crippen molar-refractivity contribution in [3.05, 3.63) is 59.2 Å². The Kier molecular flexibility index (Phi) is 4.84. The molecule has 2 aromatic carbocycles. The lowest BCUT2D eigenvalue weighted by atomic mass is 9.88. The molecule has 2 aromatic rings. The summed E-state index contributed by atoms with van der Waals surface area (Å²) in [5, 5.41) is 0. The zero-order chi connectivity index (χ0) is 15.6. The van der Waals surface area contributed by atoms with Crippen molar-refractivity contribution in [1.29, 1.82) is 0 Å². The van der Waals surface area contributed by atoms with Crippen LogP contribution >= 0.6 is 0 Å². The van der Waals surface area contributed by atoms with Crippen LogP contribution in [-0.2, 0) is 0 Å². The number of nitrogens with two attached hydrogens (primary N) is 1. The van der Waals surface area contributed by atoms with Crippen molar-refractivity contribution in [2.24, 2.45) is 5.73 Å². The predicted molar refractivity (Wildman–Crippen MR) is 92.7 cm³/mol. The lowest BCUT2D eigenvalue weighted by molar-refractivity contribution is 0.818. The van der Waals surface area contributed by atoms with Crippen LogP contribution in [0.2, 0.25) is 0 Å². The quantitative estimate of drug-likeness (QED) is 0.773. The summed E-state index contributed by atoms with van der Waals surface area (Å²) in [5.41, 5.74) is 12.6. The second-order valence-electron chi connectivity index (χ2n) is 6.57. The van der Waals surface area contributed by atoms with E-state index in [2.05, 4.69) is 70.2 Å². The Balaban J connectivity index is 2.55. The van der Waals surface area contributed by atoms with Gasteiger partial charge in [-0.2, -0.15) is 0 Å². The number of rotatable bonds is 4. The molecule has 0 amide bonds. The third-order valence-corrected chi connectivity index (χ3v) is 4.09. The lowest BCUT2D eigenvalue weighted by Gasteiger charge is -2.17. The van der Waals surface area contributed by atoms with Crippen LogP contribution in [0.15, 0.2) is 42.5 Å². The third-order valence-electron chi connectivity index (χ3n) is 4.09. The molecule has 0 aromatic heterocycles. The van der Waals surface area contributed by atoms with Crippen LogP contribution in [0.3, 0.4) is 0 Å². The van der Waals surface area contributed by atoms with Gasteiger partial charge in [-0.1, -0.05) is 64.1 Å². The molecule has 0 bridgehead atoms. The van der Waals surface area contributed by atoms with Gasteiger partial charge in [0.15, 0.2) is 0 Å². The van der Waals surface area contributed by atoms with Crippen LogP contribution in [-0.4, -0.2) is 0 Å². The lowest BCUT2D eigenvalue weighted by Crippen LogP contribution is -2.05. The second-order valence-corrected chi connectivity index (χ2v) is 6.57. The van der Waals surface area contributed by atoms with Crippen molar-refractivity contribution >= 4 is 0 Å². The molecule has 0 saturated heterocycles. The summed E-state index contributed by atoms with van der Waals surface area (Å²) in [6.07, 6.45) is 0. The van der Waals surface area contributed by atoms with E-state index in [4.69, 9.17) is 5.73 Å². The summed E-state index contributed by atoms with van der Waals surface area (Å²) in [7, 11) is 0. The molecule has 0 spiro atoms. The van der Waals surface area contributed by atoms with Crippen molar-refractivity contribution in [1.82, 2.24) is 0 Å². The van der Waals surface area contributed by atoms with Gasteiger partial charge >= 0.3 is 0 Å². The van der Waals surface area contributed by atoms with Crippen LogP contribution in [0.25, 0.3) is 11.1 Å². The molecular formula is C20H27N. The molecule has 2 rings (SSSR count). The van der Waals surface area contributed by atoms with E-state index < -0.39 is 0 Å². The molecule has 1 atom stereocenters. The average molecular weight is 281 g/mol. The van der Waals surface area contributed by atoms with Crippen LogP contribution in [0.1, 0.15) is 69.2 Å². The van der Waals surface area contributed by atoms with Gasteiger partial charge in [-0.3, -0.25) is 0 Å². The zero-order valence-corrected chi connectivity index (χ0v) is 13.9. The normalized spacial score (nSPS) is 13.0. The zero-order valence-electron chi connectivity index (χ0n) is 13.9. The van der Waals surface area contributed by atoms with E-state index in [0.717, 1.165) is 0 Å². The molecule has 112 valence electrons. The summed E-state index contributed by atoms with van der Waals surface area (Å²) in [5.74, 6) is 1.07. The number of benzene rings is 2. The van der Waals surface area contributed by atoms with Crippen molar-refractivity contribution in [2.75, 3.05) is 0 Å². The highest BCUT2D eigenvalue weighted by Gasteiger charge is 2.12. The summed E-state index contributed by atoms with van der Waals surface area (Å²) in [4.78, 5) is 0. The molecule has 0 heterocycles. The molecule has 0 aliphatic carbocycles. The van der Waals surface area contributed by atoms with Gasteiger partial charge in [-0.25, -0.2) is 0 Å². The fourth-order valence-corrected chi connectivity index (χ4v) is 2.67. The Hall–Kier alpha value is -1.60. The second kappa shape index (κ2) is 6.44. The molecule has 21 heavy (non-hydrogen) atoms. The fraction of sp³-hybridized carbons (Fsp3) is 0.400. The number of hydrogen-bond acceptors (Lipinski definition) is 1. The standard InChI is InChI=1S/C20H27N/c1-13(2)16-9-10-19(20(12-16)14(3)4)18-8-6-7-17(11-18)15(5)21/h6-15H,21H2,1-5H3. The first-order valence-corrected chi connectivity index (χ1v) is 7.90. The molecule has 1 heteroatoms. The monoisotopic (exact) mass is 281 g/mol. The Labute approximate surface area is 129 Å². The fourth-order valence-electron chi connectivity index (χ4n) is 2.67. The highest BCUT2D eigenvalue weighted by atomic mass is 14.6. The number of hydrogen-bond donors (Lipinski definition) is 1. The van der Waals surface area contributed by atoms with Crippen LogP contribution in [0.5, 0.6) is 0 Å². The van der Waals surface area contributed by atoms with E-state index in [1.165, 1.54) is 27.8 Å². The molecular weight excluding hydrogens is 254 g/mol. The highest BCUT2D eigenvalue weighted by molar-refractivity contribution is 5.69. The largest absolute Gasteiger partial charge is 0.324 e. The van der Waals surface area contributed by atoms with Gasteiger partial charge in [-0.15, -0.1) is 0 Å². The van der Waals surface area contributed by atoms with Gasteiger partial charge in [0.25, 0.3) is 0 Å². The van der Waals surface area contributed by atoms with Gasteiger partial charge < -0.3 is 5.73 Å². The van der Waals surface area contributed by atoms with E-state index in [-0.39, 0.29) is 6.04 Å². The van der Waals surface area contributed by atoms with Gasteiger partial charge in [-0.05, 0) is 52.6 Å². The molecule has 0 aliphatic heterocycles. The predicted octanol–water partition coefficient (Wildman–Crippen LogP) is 5.62. The molecule has 0 aliphatic rings. The van der Waals surface area contributed by atoms with E-state index in [9.17, 15) is 0 Å². The third kappa shape index (κ3) is 3.54. The van der Waals surface area contributed by atoms with Gasteiger partial charge in [0.1, 0.15) is 0 Å². The average Bonchev–Trinajstić information content (AvgIpc) is 2.46.